The maximum atomic E-state index is 5.79. The van der Waals surface area contributed by atoms with Gasteiger partial charge in [-0.05, 0) is 19.3 Å². The maximum absolute atomic E-state index is 5.79. The number of nitrogens with two attached hydrogens (primary N) is 1. The summed E-state index contributed by atoms with van der Waals surface area (Å²) < 4.78 is 10.8. The molecule has 1 aliphatic rings. The molecular formula is C12H26N4O2. The van der Waals surface area contributed by atoms with E-state index in [0.29, 0.717) is 19.3 Å². The zero-order valence-electron chi connectivity index (χ0n) is 11.5. The molecule has 0 saturated carbocycles. The molecule has 1 atom stereocenters. The van der Waals surface area contributed by atoms with Crippen molar-refractivity contribution in [3.8, 4) is 0 Å². The summed E-state index contributed by atoms with van der Waals surface area (Å²) in [6, 6.07) is 0. The van der Waals surface area contributed by atoms with Crippen LogP contribution in [-0.4, -0.2) is 56.9 Å². The fraction of sp³-hybridized carbons (Fsp3) is 0.917. The van der Waals surface area contributed by atoms with Crippen molar-refractivity contribution in [1.82, 2.24) is 10.3 Å². The van der Waals surface area contributed by atoms with E-state index < -0.39 is 0 Å². The van der Waals surface area contributed by atoms with Crippen molar-refractivity contribution in [2.75, 3.05) is 40.0 Å². The molecule has 0 amide bonds. The molecule has 1 unspecified atom stereocenters. The Labute approximate surface area is 109 Å². The third-order valence-electron chi connectivity index (χ3n) is 2.92. The summed E-state index contributed by atoms with van der Waals surface area (Å²) in [5, 5.41) is 0. The van der Waals surface area contributed by atoms with Gasteiger partial charge in [0.15, 0.2) is 0 Å². The fourth-order valence-corrected chi connectivity index (χ4v) is 2.03. The highest BCUT2D eigenvalue weighted by atomic mass is 16.5. The van der Waals surface area contributed by atoms with E-state index in [1.165, 1.54) is 0 Å². The molecule has 6 heteroatoms. The van der Waals surface area contributed by atoms with Crippen LogP contribution < -0.4 is 11.3 Å². The summed E-state index contributed by atoms with van der Waals surface area (Å²) in [4.78, 5) is 6.55. The van der Waals surface area contributed by atoms with Gasteiger partial charge in [-0.15, -0.1) is 0 Å². The SMILES string of the molecule is CCCOC1CCCN(C(=NCCOC)NN)C1. The highest BCUT2D eigenvalue weighted by Crippen LogP contribution is 2.13. The molecule has 3 N–H and O–H groups in total. The molecule has 0 aromatic heterocycles. The molecule has 0 bridgehead atoms. The number of guanidine groups is 1. The molecule has 0 radical (unpaired) electrons. The molecule has 6 nitrogen and oxygen atoms in total. The van der Waals surface area contributed by atoms with Gasteiger partial charge in [-0.3, -0.25) is 5.43 Å². The van der Waals surface area contributed by atoms with Crippen LogP contribution in [0.3, 0.4) is 0 Å². The number of piperidine rings is 1. The molecular weight excluding hydrogens is 232 g/mol. The van der Waals surface area contributed by atoms with Gasteiger partial charge in [-0.25, -0.2) is 10.8 Å². The highest BCUT2D eigenvalue weighted by molar-refractivity contribution is 5.79. The highest BCUT2D eigenvalue weighted by Gasteiger charge is 2.22. The molecule has 0 spiro atoms. The van der Waals surface area contributed by atoms with Crippen LogP contribution in [0.15, 0.2) is 4.99 Å². The zero-order chi connectivity index (χ0) is 13.2. The summed E-state index contributed by atoms with van der Waals surface area (Å²) in [6.45, 7) is 6.00. The predicted molar refractivity (Wildman–Crippen MR) is 72.3 cm³/mol. The van der Waals surface area contributed by atoms with Gasteiger partial charge >= 0.3 is 0 Å². The summed E-state index contributed by atoms with van der Waals surface area (Å²) in [5.41, 5.74) is 2.67. The molecule has 1 heterocycles. The molecule has 1 rings (SSSR count). The maximum Gasteiger partial charge on any atom is 0.208 e. The number of hydrogen-bond donors (Lipinski definition) is 2. The summed E-state index contributed by atoms with van der Waals surface area (Å²) >= 11 is 0. The smallest absolute Gasteiger partial charge is 0.208 e. The Bertz CT molecular complexity index is 248. The van der Waals surface area contributed by atoms with Crippen molar-refractivity contribution in [2.24, 2.45) is 10.8 Å². The number of ether oxygens (including phenoxy) is 2. The first kappa shape index (κ1) is 15.2. The number of nitrogens with one attached hydrogen (secondary N) is 1. The van der Waals surface area contributed by atoms with Gasteiger partial charge in [0.1, 0.15) is 0 Å². The molecule has 1 aliphatic heterocycles. The number of hydrogen-bond acceptors (Lipinski definition) is 4. The lowest BCUT2D eigenvalue weighted by Gasteiger charge is -2.34. The minimum atomic E-state index is 0.291. The van der Waals surface area contributed by atoms with Gasteiger partial charge in [0.2, 0.25) is 5.96 Å². The molecule has 106 valence electrons. The van der Waals surface area contributed by atoms with Crippen molar-refractivity contribution in [3.05, 3.63) is 0 Å². The average molecular weight is 258 g/mol. The summed E-state index contributed by atoms with van der Waals surface area (Å²) in [7, 11) is 1.67. The largest absolute Gasteiger partial charge is 0.383 e. The van der Waals surface area contributed by atoms with Crippen molar-refractivity contribution in [3.63, 3.8) is 0 Å². The van der Waals surface area contributed by atoms with Crippen molar-refractivity contribution < 1.29 is 9.47 Å². The topological polar surface area (TPSA) is 72.1 Å². The van der Waals surface area contributed by atoms with Crippen LogP contribution in [0.4, 0.5) is 0 Å². The second-order valence-corrected chi connectivity index (χ2v) is 4.42. The van der Waals surface area contributed by atoms with Crippen LogP contribution in [0.5, 0.6) is 0 Å². The molecule has 0 aromatic carbocycles. The van der Waals surface area contributed by atoms with Crippen LogP contribution in [0.25, 0.3) is 0 Å². The minimum Gasteiger partial charge on any atom is -0.383 e. The Morgan fingerprint density at radius 3 is 3.00 bits per heavy atom. The van der Waals surface area contributed by atoms with E-state index in [1.807, 2.05) is 0 Å². The standard InChI is InChI=1S/C12H26N4O2/c1-3-8-18-11-5-4-7-16(10-11)12(15-13)14-6-9-17-2/h11H,3-10,13H2,1-2H3,(H,14,15). The van der Waals surface area contributed by atoms with Gasteiger partial charge in [-0.1, -0.05) is 6.92 Å². The Balaban J connectivity index is 2.44. The van der Waals surface area contributed by atoms with E-state index in [4.69, 9.17) is 15.3 Å². The second-order valence-electron chi connectivity index (χ2n) is 4.42. The third-order valence-corrected chi connectivity index (χ3v) is 2.92. The van der Waals surface area contributed by atoms with E-state index in [2.05, 4.69) is 22.2 Å². The van der Waals surface area contributed by atoms with E-state index in [-0.39, 0.29) is 0 Å². The average Bonchev–Trinajstić information content (AvgIpc) is 2.42. The summed E-state index contributed by atoms with van der Waals surface area (Å²) in [5.74, 6) is 6.26. The van der Waals surface area contributed by atoms with E-state index in [0.717, 1.165) is 44.9 Å². The number of likely N-dealkylation sites (tertiary alicyclic amines) is 1. The monoisotopic (exact) mass is 258 g/mol. The molecule has 18 heavy (non-hydrogen) atoms. The lowest BCUT2D eigenvalue weighted by Crippen LogP contribution is -2.50. The molecule has 0 aliphatic carbocycles. The quantitative estimate of drug-likeness (QED) is 0.236. The number of hydrazine groups is 1. The molecule has 1 saturated heterocycles. The Kier molecular flexibility index (Phi) is 7.71. The third kappa shape index (κ3) is 5.20. The van der Waals surface area contributed by atoms with Crippen molar-refractivity contribution >= 4 is 5.96 Å². The van der Waals surface area contributed by atoms with Crippen molar-refractivity contribution in [1.29, 1.82) is 0 Å². The first-order valence-corrected chi connectivity index (χ1v) is 6.68. The van der Waals surface area contributed by atoms with Crippen molar-refractivity contribution in [2.45, 2.75) is 32.3 Å². The van der Waals surface area contributed by atoms with Crippen LogP contribution in [0.2, 0.25) is 0 Å². The first-order valence-electron chi connectivity index (χ1n) is 6.68. The van der Waals surface area contributed by atoms with Gasteiger partial charge < -0.3 is 14.4 Å². The van der Waals surface area contributed by atoms with Gasteiger partial charge in [0.25, 0.3) is 0 Å². The van der Waals surface area contributed by atoms with Crippen LogP contribution in [-0.2, 0) is 9.47 Å². The summed E-state index contributed by atoms with van der Waals surface area (Å²) in [6.07, 6.45) is 3.58. The van der Waals surface area contributed by atoms with Gasteiger partial charge in [-0.2, -0.15) is 0 Å². The Hall–Kier alpha value is -0.850. The number of aliphatic imine (C=N–C) groups is 1. The normalized spacial score (nSPS) is 21.2. The molecule has 1 fully saturated rings. The minimum absolute atomic E-state index is 0.291. The number of nitrogens with zero attached hydrogens (tertiary/aromatic N) is 2. The molecule has 0 aromatic rings. The number of methoxy groups -OCH3 is 1. The lowest BCUT2D eigenvalue weighted by molar-refractivity contribution is 0.0157. The van der Waals surface area contributed by atoms with Gasteiger partial charge in [0.05, 0.1) is 19.3 Å². The van der Waals surface area contributed by atoms with Crippen LogP contribution in [0.1, 0.15) is 26.2 Å². The Morgan fingerprint density at radius 2 is 2.33 bits per heavy atom. The predicted octanol–water partition coefficient (Wildman–Crippen LogP) is 0.343. The van der Waals surface area contributed by atoms with E-state index in [1.54, 1.807) is 7.11 Å². The van der Waals surface area contributed by atoms with E-state index >= 15 is 0 Å². The lowest BCUT2D eigenvalue weighted by atomic mass is 10.1. The first-order chi connectivity index (χ1) is 8.81. The Morgan fingerprint density at radius 1 is 1.50 bits per heavy atom. The van der Waals surface area contributed by atoms with E-state index in [9.17, 15) is 0 Å². The second kappa shape index (κ2) is 9.13. The zero-order valence-corrected chi connectivity index (χ0v) is 11.5. The van der Waals surface area contributed by atoms with Gasteiger partial charge in [0, 0.05) is 26.8 Å². The van der Waals surface area contributed by atoms with Crippen LogP contribution >= 0.6 is 0 Å². The fourth-order valence-electron chi connectivity index (χ4n) is 2.03. The van der Waals surface area contributed by atoms with Crippen LogP contribution in [0, 0.1) is 0 Å². The number of rotatable bonds is 6.